The van der Waals surface area contributed by atoms with Crippen molar-refractivity contribution in [3.8, 4) is 5.75 Å². The highest BCUT2D eigenvalue weighted by atomic mass is 19.4. The van der Waals surface area contributed by atoms with Gasteiger partial charge in [-0.3, -0.25) is 5.32 Å². The Hall–Kier alpha value is -2.40. The number of rotatable bonds is 7. The molecule has 0 aliphatic rings. The minimum absolute atomic E-state index is 0.0229. The minimum Gasteiger partial charge on any atom is -0.496 e. The van der Waals surface area contributed by atoms with Crippen molar-refractivity contribution in [3.63, 3.8) is 0 Å². The molecule has 3 nitrogen and oxygen atoms in total. The van der Waals surface area contributed by atoms with Gasteiger partial charge < -0.3 is 9.84 Å². The third-order valence-electron chi connectivity index (χ3n) is 5.00. The largest absolute Gasteiger partial charge is 0.496 e. The lowest BCUT2D eigenvalue weighted by atomic mass is 9.77. The van der Waals surface area contributed by atoms with Gasteiger partial charge in [-0.1, -0.05) is 13.8 Å². The van der Waals surface area contributed by atoms with E-state index in [2.05, 4.69) is 0 Å². The Labute approximate surface area is 179 Å². The first-order valence-corrected chi connectivity index (χ1v) is 9.24. The second-order valence-corrected chi connectivity index (χ2v) is 7.92. The van der Waals surface area contributed by atoms with Gasteiger partial charge in [0.2, 0.25) is 5.72 Å². The molecule has 0 fully saturated rings. The van der Waals surface area contributed by atoms with Crippen molar-refractivity contribution >= 4 is 0 Å². The minimum atomic E-state index is -5.30. The first-order valence-electron chi connectivity index (χ1n) is 9.24. The number of methoxy groups -OCH3 is 1. The molecule has 0 heterocycles. The summed E-state index contributed by atoms with van der Waals surface area (Å²) in [6, 6.07) is 4.51. The van der Waals surface area contributed by atoms with Crippen LogP contribution in [0.4, 0.5) is 35.1 Å². The second-order valence-electron chi connectivity index (χ2n) is 7.92. The molecule has 0 aliphatic heterocycles. The number of ether oxygens (including phenoxy) is 1. The van der Waals surface area contributed by atoms with Crippen LogP contribution in [-0.2, 0) is 18.1 Å². The Morgan fingerprint density at radius 3 is 2.09 bits per heavy atom. The van der Waals surface area contributed by atoms with Crippen molar-refractivity contribution in [3.05, 3.63) is 64.7 Å². The fraction of sp³-hybridized carbons (Fsp3) is 0.429. The van der Waals surface area contributed by atoms with E-state index in [9.17, 15) is 40.2 Å². The monoisotopic (exact) mass is 471 g/mol. The third-order valence-corrected chi connectivity index (χ3v) is 5.00. The predicted molar refractivity (Wildman–Crippen MR) is 99.8 cm³/mol. The summed E-state index contributed by atoms with van der Waals surface area (Å²) in [6.45, 7) is 1.54. The van der Waals surface area contributed by atoms with Crippen LogP contribution >= 0.6 is 0 Å². The number of hydrogen-bond donors (Lipinski definition) is 2. The van der Waals surface area contributed by atoms with E-state index < -0.39 is 59.2 Å². The highest BCUT2D eigenvalue weighted by Crippen LogP contribution is 2.42. The summed E-state index contributed by atoms with van der Waals surface area (Å²) in [7, 11) is 1.23. The summed E-state index contributed by atoms with van der Waals surface area (Å²) >= 11 is 0. The summed E-state index contributed by atoms with van der Waals surface area (Å²) < 4.78 is 113. The first-order chi connectivity index (χ1) is 14.5. The Morgan fingerprint density at radius 2 is 1.56 bits per heavy atom. The van der Waals surface area contributed by atoms with Crippen LogP contribution in [0.2, 0.25) is 0 Å². The Kier molecular flexibility index (Phi) is 7.16. The molecule has 0 bridgehead atoms. The van der Waals surface area contributed by atoms with Gasteiger partial charge in [0.25, 0.3) is 0 Å². The van der Waals surface area contributed by atoms with Crippen LogP contribution in [-0.4, -0.2) is 24.1 Å². The number of aliphatic hydroxyl groups is 1. The van der Waals surface area contributed by atoms with E-state index >= 15 is 0 Å². The molecular formula is C21H21F8NO2. The van der Waals surface area contributed by atoms with Crippen LogP contribution in [0.5, 0.6) is 5.75 Å². The Morgan fingerprint density at radius 1 is 0.938 bits per heavy atom. The maximum Gasteiger partial charge on any atom is 0.431 e. The van der Waals surface area contributed by atoms with Gasteiger partial charge in [0.15, 0.2) is 0 Å². The third kappa shape index (κ3) is 5.69. The molecule has 2 N–H and O–H groups in total. The molecule has 0 spiro atoms. The van der Waals surface area contributed by atoms with E-state index in [0.717, 1.165) is 12.1 Å². The van der Waals surface area contributed by atoms with E-state index in [4.69, 9.17) is 4.74 Å². The zero-order valence-electron chi connectivity index (χ0n) is 17.3. The number of benzene rings is 2. The van der Waals surface area contributed by atoms with Gasteiger partial charge in [-0.05, 0) is 41.8 Å². The Balaban J connectivity index is 2.39. The van der Waals surface area contributed by atoms with Gasteiger partial charge in [0.1, 0.15) is 17.4 Å². The molecule has 0 aliphatic carbocycles. The smallest absolute Gasteiger partial charge is 0.431 e. The highest BCUT2D eigenvalue weighted by molar-refractivity contribution is 5.39. The van der Waals surface area contributed by atoms with Crippen LogP contribution in [0.3, 0.4) is 0 Å². The number of alkyl halides is 6. The molecule has 178 valence electrons. The molecule has 0 saturated heterocycles. The van der Waals surface area contributed by atoms with Crippen molar-refractivity contribution in [2.24, 2.45) is 0 Å². The van der Waals surface area contributed by atoms with Gasteiger partial charge in [0, 0.05) is 24.1 Å². The summed E-state index contributed by atoms with van der Waals surface area (Å²) in [5.41, 5.74) is -7.12. The highest BCUT2D eigenvalue weighted by Gasteiger charge is 2.56. The fourth-order valence-electron chi connectivity index (χ4n) is 3.33. The van der Waals surface area contributed by atoms with E-state index in [0.29, 0.717) is 18.2 Å². The molecule has 0 amide bonds. The number of halogens is 8. The molecule has 2 aromatic rings. The maximum absolute atomic E-state index is 13.9. The molecule has 32 heavy (non-hydrogen) atoms. The van der Waals surface area contributed by atoms with Gasteiger partial charge in [0.05, 0.1) is 12.7 Å². The number of nitrogens with one attached hydrogen (secondary N) is 1. The topological polar surface area (TPSA) is 41.5 Å². The zero-order chi connectivity index (χ0) is 24.5. The molecule has 11 heteroatoms. The van der Waals surface area contributed by atoms with Crippen molar-refractivity contribution in [1.82, 2.24) is 5.32 Å². The van der Waals surface area contributed by atoms with Crippen LogP contribution in [0, 0.1) is 11.6 Å². The van der Waals surface area contributed by atoms with Crippen molar-refractivity contribution in [2.45, 2.75) is 50.3 Å². The summed E-state index contributed by atoms with van der Waals surface area (Å²) in [4.78, 5) is 0. The first kappa shape index (κ1) is 25.9. The Bertz CT molecular complexity index is 956. The second kappa shape index (κ2) is 8.86. The van der Waals surface area contributed by atoms with Gasteiger partial charge in [-0.2, -0.15) is 26.3 Å². The van der Waals surface area contributed by atoms with Crippen LogP contribution in [0.15, 0.2) is 36.4 Å². The molecule has 1 atom stereocenters. The predicted octanol–water partition coefficient (Wildman–Crippen LogP) is 5.70. The van der Waals surface area contributed by atoms with E-state index in [1.807, 2.05) is 0 Å². The van der Waals surface area contributed by atoms with Crippen LogP contribution in [0.1, 0.15) is 37.0 Å². The molecular weight excluding hydrogens is 450 g/mol. The molecule has 2 rings (SSSR count). The molecule has 0 radical (unpaired) electrons. The maximum atomic E-state index is 13.9. The van der Waals surface area contributed by atoms with Gasteiger partial charge in [-0.25, -0.2) is 8.78 Å². The molecule has 2 aromatic carbocycles. The van der Waals surface area contributed by atoms with Crippen LogP contribution < -0.4 is 10.1 Å². The fourth-order valence-corrected chi connectivity index (χ4v) is 3.33. The van der Waals surface area contributed by atoms with E-state index in [1.54, 1.807) is 5.32 Å². The molecule has 0 saturated carbocycles. The average Bonchev–Trinajstić information content (AvgIpc) is 2.65. The van der Waals surface area contributed by atoms with E-state index in [-0.39, 0.29) is 11.3 Å². The SMILES string of the molecule is COc1ccc(F)cc1C(C)(C)CC(O)(NCc1cc(C(F)(F)F)ccc1F)C(F)(F)F. The summed E-state index contributed by atoms with van der Waals surface area (Å²) in [5, 5.41) is 12.2. The zero-order valence-corrected chi connectivity index (χ0v) is 17.3. The van der Waals surface area contributed by atoms with Crippen molar-refractivity contribution in [1.29, 1.82) is 0 Å². The van der Waals surface area contributed by atoms with Crippen LogP contribution in [0.25, 0.3) is 0 Å². The molecule has 0 aromatic heterocycles. The van der Waals surface area contributed by atoms with Gasteiger partial charge >= 0.3 is 12.4 Å². The van der Waals surface area contributed by atoms with Crippen molar-refractivity contribution < 1.29 is 45.0 Å². The lowest BCUT2D eigenvalue weighted by Gasteiger charge is -2.39. The standard InChI is InChI=1S/C21H21F8NO2/c1-18(2,15-9-14(22)5-7-17(15)32-3)11-19(31,21(27,28)29)30-10-12-8-13(20(24,25)26)4-6-16(12)23/h4-9,30-31H,10-11H2,1-3H3. The van der Waals surface area contributed by atoms with Crippen molar-refractivity contribution in [2.75, 3.05) is 7.11 Å². The lowest BCUT2D eigenvalue weighted by Crippen LogP contribution is -2.59. The summed E-state index contributed by atoms with van der Waals surface area (Å²) in [6.07, 6.45) is -11.2. The summed E-state index contributed by atoms with van der Waals surface area (Å²) in [5.74, 6) is -1.85. The normalized spacial score (nSPS) is 14.9. The number of hydrogen-bond acceptors (Lipinski definition) is 3. The molecule has 1 unspecified atom stereocenters. The average molecular weight is 471 g/mol. The lowest BCUT2D eigenvalue weighted by molar-refractivity contribution is -0.280. The quantitative estimate of drug-likeness (QED) is 0.402. The van der Waals surface area contributed by atoms with Gasteiger partial charge in [-0.15, -0.1) is 0 Å². The van der Waals surface area contributed by atoms with E-state index in [1.165, 1.54) is 27.0 Å².